The van der Waals surface area contributed by atoms with Crippen LogP contribution in [0.3, 0.4) is 0 Å². The third-order valence-corrected chi connectivity index (χ3v) is 3.06. The third kappa shape index (κ3) is 5.38. The first kappa shape index (κ1) is 18.7. The van der Waals surface area contributed by atoms with Gasteiger partial charge in [0, 0.05) is 5.88 Å². The summed E-state index contributed by atoms with van der Waals surface area (Å²) < 4.78 is 0. The fourth-order valence-corrected chi connectivity index (χ4v) is 2.07. The Kier molecular flexibility index (Phi) is 9.84. The van der Waals surface area contributed by atoms with Crippen molar-refractivity contribution in [2.45, 2.75) is 47.4 Å². The smallest absolute Gasteiger partial charge is 0.0480 e. The quantitative estimate of drug-likeness (QED) is 0.536. The van der Waals surface area contributed by atoms with E-state index in [4.69, 9.17) is 11.6 Å². The lowest BCUT2D eigenvalue weighted by Gasteiger charge is -2.08. The fraction of sp³-hybridized carbons (Fsp3) is 0.368. The van der Waals surface area contributed by atoms with Gasteiger partial charge in [0.25, 0.3) is 0 Å². The van der Waals surface area contributed by atoms with Crippen molar-refractivity contribution in [1.29, 1.82) is 0 Å². The van der Waals surface area contributed by atoms with Gasteiger partial charge >= 0.3 is 0 Å². The molecular formula is C19H27Cl. The highest BCUT2D eigenvalue weighted by atomic mass is 35.5. The van der Waals surface area contributed by atoms with E-state index in [1.165, 1.54) is 27.8 Å². The first-order valence-corrected chi connectivity index (χ1v) is 7.96. The molecule has 1 heteroatoms. The lowest BCUT2D eigenvalue weighted by atomic mass is 9.98. The van der Waals surface area contributed by atoms with Crippen molar-refractivity contribution in [2.24, 2.45) is 0 Å². The molecule has 0 nitrogen and oxygen atoms in total. The molecule has 2 aromatic rings. The molecule has 0 aliphatic rings. The summed E-state index contributed by atoms with van der Waals surface area (Å²) in [5, 5.41) is 0. The molecule has 0 amide bonds. The van der Waals surface area contributed by atoms with E-state index in [2.05, 4.69) is 56.3 Å². The van der Waals surface area contributed by atoms with Crippen molar-refractivity contribution in [3.05, 3.63) is 59.2 Å². The van der Waals surface area contributed by atoms with Gasteiger partial charge in [0.05, 0.1) is 0 Å². The Bertz CT molecular complexity index is 484. The second-order valence-electron chi connectivity index (χ2n) is 4.16. The molecule has 0 unspecified atom stereocenters. The van der Waals surface area contributed by atoms with Crippen LogP contribution in [0.5, 0.6) is 0 Å². The SMILES string of the molecule is CC.CC.Cc1ccc(-c2ccc(C)cc2CCl)cc1. The maximum absolute atomic E-state index is 5.99. The molecule has 0 atom stereocenters. The van der Waals surface area contributed by atoms with Gasteiger partial charge in [-0.05, 0) is 30.5 Å². The van der Waals surface area contributed by atoms with Crippen molar-refractivity contribution in [1.82, 2.24) is 0 Å². The van der Waals surface area contributed by atoms with Gasteiger partial charge in [-0.1, -0.05) is 81.3 Å². The molecule has 0 aliphatic carbocycles. The Morgan fingerprint density at radius 3 is 1.75 bits per heavy atom. The standard InChI is InChI=1S/C15H15Cl.2C2H6/c1-11-3-6-13(7-4-11)15-8-5-12(2)9-14(15)10-16;2*1-2/h3-9H,10H2,1-2H3;2*1-2H3. The van der Waals surface area contributed by atoms with Gasteiger partial charge in [-0.25, -0.2) is 0 Å². The first-order chi connectivity index (χ1) is 9.70. The number of hydrogen-bond donors (Lipinski definition) is 0. The minimum Gasteiger partial charge on any atom is -0.122 e. The number of benzene rings is 2. The molecule has 0 saturated carbocycles. The van der Waals surface area contributed by atoms with Crippen LogP contribution in [0.1, 0.15) is 44.4 Å². The normalized spacial score (nSPS) is 8.95. The van der Waals surface area contributed by atoms with Crippen molar-refractivity contribution < 1.29 is 0 Å². The average Bonchev–Trinajstić information content (AvgIpc) is 2.52. The molecule has 0 spiro atoms. The van der Waals surface area contributed by atoms with Gasteiger partial charge in [-0.3, -0.25) is 0 Å². The summed E-state index contributed by atoms with van der Waals surface area (Å²) in [6.45, 7) is 12.2. The molecule has 2 rings (SSSR count). The van der Waals surface area contributed by atoms with E-state index in [0.29, 0.717) is 5.88 Å². The third-order valence-electron chi connectivity index (χ3n) is 2.77. The van der Waals surface area contributed by atoms with Crippen molar-refractivity contribution in [2.75, 3.05) is 0 Å². The minimum atomic E-state index is 0.560. The second-order valence-corrected chi connectivity index (χ2v) is 4.43. The summed E-state index contributed by atoms with van der Waals surface area (Å²) in [5.74, 6) is 0.560. The molecule has 2 aromatic carbocycles. The zero-order valence-corrected chi connectivity index (χ0v) is 14.4. The molecule has 0 fully saturated rings. The van der Waals surface area contributed by atoms with Gasteiger partial charge in [0.2, 0.25) is 0 Å². The summed E-state index contributed by atoms with van der Waals surface area (Å²) in [7, 11) is 0. The van der Waals surface area contributed by atoms with Crippen LogP contribution in [0.2, 0.25) is 0 Å². The van der Waals surface area contributed by atoms with Crippen LogP contribution in [-0.2, 0) is 5.88 Å². The monoisotopic (exact) mass is 290 g/mol. The number of alkyl halides is 1. The van der Waals surface area contributed by atoms with E-state index in [9.17, 15) is 0 Å². The average molecular weight is 291 g/mol. The Hall–Kier alpha value is -1.27. The van der Waals surface area contributed by atoms with Gasteiger partial charge < -0.3 is 0 Å². The zero-order chi connectivity index (χ0) is 15.5. The Labute approximate surface area is 129 Å². The maximum atomic E-state index is 5.99. The molecule has 0 radical (unpaired) electrons. The van der Waals surface area contributed by atoms with E-state index in [-0.39, 0.29) is 0 Å². The topological polar surface area (TPSA) is 0 Å². The number of rotatable bonds is 2. The van der Waals surface area contributed by atoms with Crippen LogP contribution >= 0.6 is 11.6 Å². The number of halogens is 1. The molecular weight excluding hydrogens is 264 g/mol. The largest absolute Gasteiger partial charge is 0.122 e. The zero-order valence-electron chi connectivity index (χ0n) is 13.6. The molecule has 0 heterocycles. The van der Waals surface area contributed by atoms with Crippen LogP contribution in [0.4, 0.5) is 0 Å². The fourth-order valence-electron chi connectivity index (χ4n) is 1.85. The lowest BCUT2D eigenvalue weighted by Crippen LogP contribution is -1.88. The molecule has 0 saturated heterocycles. The molecule has 0 aromatic heterocycles. The minimum absolute atomic E-state index is 0.560. The van der Waals surface area contributed by atoms with Crippen molar-refractivity contribution >= 4 is 11.6 Å². The van der Waals surface area contributed by atoms with Crippen LogP contribution in [-0.4, -0.2) is 0 Å². The molecule has 0 N–H and O–H groups in total. The Balaban J connectivity index is 0.000000829. The Morgan fingerprint density at radius 2 is 1.25 bits per heavy atom. The highest BCUT2D eigenvalue weighted by Crippen LogP contribution is 2.26. The molecule has 0 aliphatic heterocycles. The Morgan fingerprint density at radius 1 is 0.750 bits per heavy atom. The number of aryl methyl sites for hydroxylation is 2. The summed E-state index contributed by atoms with van der Waals surface area (Å²) in [4.78, 5) is 0. The molecule has 110 valence electrons. The summed E-state index contributed by atoms with van der Waals surface area (Å²) in [6, 6.07) is 15.0. The van der Waals surface area contributed by atoms with Gasteiger partial charge in [-0.2, -0.15) is 0 Å². The van der Waals surface area contributed by atoms with Crippen LogP contribution < -0.4 is 0 Å². The van der Waals surface area contributed by atoms with Gasteiger partial charge in [0.15, 0.2) is 0 Å². The van der Waals surface area contributed by atoms with Gasteiger partial charge in [0.1, 0.15) is 0 Å². The van der Waals surface area contributed by atoms with E-state index in [0.717, 1.165) is 0 Å². The summed E-state index contributed by atoms with van der Waals surface area (Å²) in [6.07, 6.45) is 0. The number of hydrogen-bond acceptors (Lipinski definition) is 0. The van der Waals surface area contributed by atoms with E-state index in [1.54, 1.807) is 0 Å². The highest BCUT2D eigenvalue weighted by molar-refractivity contribution is 6.17. The summed E-state index contributed by atoms with van der Waals surface area (Å²) >= 11 is 5.99. The van der Waals surface area contributed by atoms with E-state index in [1.807, 2.05) is 27.7 Å². The predicted octanol–water partition coefficient (Wildman–Crippen LogP) is 6.76. The highest BCUT2D eigenvalue weighted by Gasteiger charge is 2.04. The van der Waals surface area contributed by atoms with E-state index >= 15 is 0 Å². The van der Waals surface area contributed by atoms with Crippen LogP contribution in [0, 0.1) is 13.8 Å². The van der Waals surface area contributed by atoms with Crippen molar-refractivity contribution in [3.63, 3.8) is 0 Å². The van der Waals surface area contributed by atoms with Crippen molar-refractivity contribution in [3.8, 4) is 11.1 Å². The van der Waals surface area contributed by atoms with Gasteiger partial charge in [-0.15, -0.1) is 11.6 Å². The van der Waals surface area contributed by atoms with Crippen LogP contribution in [0.15, 0.2) is 42.5 Å². The first-order valence-electron chi connectivity index (χ1n) is 7.43. The maximum Gasteiger partial charge on any atom is 0.0480 e. The predicted molar refractivity (Wildman–Crippen MR) is 93.6 cm³/mol. The van der Waals surface area contributed by atoms with Crippen LogP contribution in [0.25, 0.3) is 11.1 Å². The lowest BCUT2D eigenvalue weighted by molar-refractivity contribution is 1.34. The summed E-state index contributed by atoms with van der Waals surface area (Å²) in [5.41, 5.74) is 6.21. The molecule has 20 heavy (non-hydrogen) atoms. The second kappa shape index (κ2) is 10.5. The molecule has 0 bridgehead atoms. The van der Waals surface area contributed by atoms with E-state index < -0.39 is 0 Å².